The number of carbonyl (C=O) groups is 1. The fourth-order valence-corrected chi connectivity index (χ4v) is 2.58. The summed E-state index contributed by atoms with van der Waals surface area (Å²) in [4.78, 5) is 16.5. The van der Waals surface area contributed by atoms with Crippen molar-refractivity contribution in [2.24, 2.45) is 22.7 Å². The molecule has 1 aromatic rings. The van der Waals surface area contributed by atoms with Crippen LogP contribution >= 0.6 is 11.3 Å². The first-order valence-corrected chi connectivity index (χ1v) is 6.94. The summed E-state index contributed by atoms with van der Waals surface area (Å²) < 4.78 is 0. The van der Waals surface area contributed by atoms with Crippen molar-refractivity contribution in [1.29, 1.82) is 0 Å². The molecule has 0 aromatic carbocycles. The topological polar surface area (TPSA) is 101 Å². The predicted octanol–water partition coefficient (Wildman–Crippen LogP) is 1.65. The number of nitrogens with zero attached hydrogens (tertiary/aromatic N) is 2. The van der Waals surface area contributed by atoms with Crippen LogP contribution in [0, 0.1) is 18.8 Å². The third-order valence-corrected chi connectivity index (χ3v) is 3.89. The molecule has 1 rings (SSSR count). The summed E-state index contributed by atoms with van der Waals surface area (Å²) in [6.07, 6.45) is 0. The van der Waals surface area contributed by atoms with Gasteiger partial charge in [0.05, 0.1) is 6.04 Å². The molecule has 0 radical (unpaired) electrons. The zero-order chi connectivity index (χ0) is 14.6. The second-order valence-corrected chi connectivity index (χ2v) is 5.69. The zero-order valence-corrected chi connectivity index (χ0v) is 12.4. The fourth-order valence-electron chi connectivity index (χ4n) is 1.78. The van der Waals surface area contributed by atoms with Crippen molar-refractivity contribution in [3.05, 3.63) is 16.1 Å². The Balaban J connectivity index is 2.77. The highest BCUT2D eigenvalue weighted by atomic mass is 32.1. The molecule has 106 valence electrons. The molecule has 1 aromatic heterocycles. The van der Waals surface area contributed by atoms with Gasteiger partial charge >= 0.3 is 0 Å². The van der Waals surface area contributed by atoms with E-state index in [9.17, 15) is 4.79 Å². The Morgan fingerprint density at radius 2 is 2.16 bits per heavy atom. The SMILES string of the molecule is Cc1csc(C(C)NC(=O)C(C(N)=NO)C(C)C)n1. The van der Waals surface area contributed by atoms with E-state index in [4.69, 9.17) is 10.9 Å². The summed E-state index contributed by atoms with van der Waals surface area (Å²) in [7, 11) is 0. The van der Waals surface area contributed by atoms with Crippen molar-refractivity contribution in [3.63, 3.8) is 0 Å². The Bertz CT molecular complexity index is 470. The van der Waals surface area contributed by atoms with Crippen LogP contribution in [0.15, 0.2) is 10.5 Å². The van der Waals surface area contributed by atoms with E-state index in [1.54, 1.807) is 0 Å². The van der Waals surface area contributed by atoms with E-state index in [0.29, 0.717) is 0 Å². The zero-order valence-electron chi connectivity index (χ0n) is 11.5. The minimum absolute atomic E-state index is 0.0545. The molecule has 0 saturated carbocycles. The number of amides is 1. The van der Waals surface area contributed by atoms with Gasteiger partial charge in [-0.05, 0) is 19.8 Å². The first-order valence-electron chi connectivity index (χ1n) is 6.06. The van der Waals surface area contributed by atoms with Gasteiger partial charge in [0.25, 0.3) is 0 Å². The van der Waals surface area contributed by atoms with Crippen LogP contribution in [0.5, 0.6) is 0 Å². The molecule has 0 bridgehead atoms. The molecule has 2 atom stereocenters. The standard InChI is InChI=1S/C12H20N4O2S/c1-6(2)9(10(13)16-18)11(17)15-8(4)12-14-7(3)5-19-12/h5-6,8-9,18H,1-4H3,(H2,13,16)(H,15,17). The Morgan fingerprint density at radius 1 is 1.53 bits per heavy atom. The van der Waals surface area contributed by atoms with Crippen molar-refractivity contribution in [2.45, 2.75) is 33.7 Å². The maximum Gasteiger partial charge on any atom is 0.231 e. The van der Waals surface area contributed by atoms with E-state index in [1.165, 1.54) is 11.3 Å². The lowest BCUT2D eigenvalue weighted by Crippen LogP contribution is -2.42. The number of thiazole rings is 1. The highest BCUT2D eigenvalue weighted by molar-refractivity contribution is 7.09. The molecule has 0 fully saturated rings. The Hall–Kier alpha value is -1.63. The Morgan fingerprint density at radius 3 is 2.58 bits per heavy atom. The molecule has 0 saturated heterocycles. The number of nitrogens with one attached hydrogen (secondary N) is 1. The van der Waals surface area contributed by atoms with E-state index in [-0.39, 0.29) is 23.7 Å². The van der Waals surface area contributed by atoms with Gasteiger partial charge in [0.2, 0.25) is 5.91 Å². The molecule has 7 heteroatoms. The van der Waals surface area contributed by atoms with Crippen LogP contribution in [-0.2, 0) is 4.79 Å². The number of hydrogen-bond acceptors (Lipinski definition) is 5. The van der Waals surface area contributed by atoms with E-state index < -0.39 is 5.92 Å². The first-order chi connectivity index (χ1) is 8.86. The average molecular weight is 284 g/mol. The monoisotopic (exact) mass is 284 g/mol. The molecule has 19 heavy (non-hydrogen) atoms. The number of aryl methyl sites for hydroxylation is 1. The van der Waals surface area contributed by atoms with Gasteiger partial charge in [-0.3, -0.25) is 4.79 Å². The summed E-state index contributed by atoms with van der Waals surface area (Å²) >= 11 is 1.50. The molecule has 6 nitrogen and oxygen atoms in total. The maximum atomic E-state index is 12.2. The van der Waals surface area contributed by atoms with Gasteiger partial charge in [0.1, 0.15) is 10.9 Å². The second kappa shape index (κ2) is 6.51. The highest BCUT2D eigenvalue weighted by Gasteiger charge is 2.28. The molecule has 0 aliphatic carbocycles. The molecule has 1 amide bonds. The number of nitrogens with two attached hydrogens (primary N) is 1. The molecule has 4 N–H and O–H groups in total. The van der Waals surface area contributed by atoms with Gasteiger partial charge in [0.15, 0.2) is 5.84 Å². The Kier molecular flexibility index (Phi) is 5.29. The molecular weight excluding hydrogens is 264 g/mol. The van der Waals surface area contributed by atoms with Crippen LogP contribution in [0.2, 0.25) is 0 Å². The van der Waals surface area contributed by atoms with Crippen molar-refractivity contribution in [1.82, 2.24) is 10.3 Å². The summed E-state index contributed by atoms with van der Waals surface area (Å²) in [5, 5.41) is 17.3. The van der Waals surface area contributed by atoms with Gasteiger partial charge in [-0.25, -0.2) is 4.98 Å². The average Bonchev–Trinajstić information content (AvgIpc) is 2.75. The van der Waals surface area contributed by atoms with Gasteiger partial charge in [-0.15, -0.1) is 11.3 Å². The van der Waals surface area contributed by atoms with Crippen molar-refractivity contribution >= 4 is 23.1 Å². The van der Waals surface area contributed by atoms with Crippen molar-refractivity contribution in [2.75, 3.05) is 0 Å². The fraction of sp³-hybridized carbons (Fsp3) is 0.583. The number of oxime groups is 1. The molecule has 0 aliphatic rings. The van der Waals surface area contributed by atoms with E-state index in [0.717, 1.165) is 10.7 Å². The van der Waals surface area contributed by atoms with Crippen molar-refractivity contribution < 1.29 is 10.0 Å². The third kappa shape index (κ3) is 3.92. The van der Waals surface area contributed by atoms with E-state index >= 15 is 0 Å². The minimum Gasteiger partial charge on any atom is -0.409 e. The van der Waals surface area contributed by atoms with Gasteiger partial charge in [-0.1, -0.05) is 19.0 Å². The van der Waals surface area contributed by atoms with Crippen LogP contribution in [0.25, 0.3) is 0 Å². The molecular formula is C12H20N4O2S. The summed E-state index contributed by atoms with van der Waals surface area (Å²) in [6, 6.07) is -0.195. The van der Waals surface area contributed by atoms with Crippen LogP contribution in [0.3, 0.4) is 0 Å². The third-order valence-electron chi connectivity index (χ3n) is 2.75. The van der Waals surface area contributed by atoms with Crippen LogP contribution < -0.4 is 11.1 Å². The second-order valence-electron chi connectivity index (χ2n) is 4.80. The predicted molar refractivity (Wildman–Crippen MR) is 75.1 cm³/mol. The maximum absolute atomic E-state index is 12.2. The summed E-state index contributed by atoms with van der Waals surface area (Å²) in [6.45, 7) is 7.46. The molecule has 2 unspecified atom stereocenters. The smallest absolute Gasteiger partial charge is 0.231 e. The lowest BCUT2D eigenvalue weighted by Gasteiger charge is -2.21. The van der Waals surface area contributed by atoms with Gasteiger partial charge < -0.3 is 16.3 Å². The number of carbonyl (C=O) groups excluding carboxylic acids is 1. The minimum atomic E-state index is -0.645. The normalized spacial score (nSPS) is 15.3. The number of amidine groups is 1. The molecule has 0 aliphatic heterocycles. The van der Waals surface area contributed by atoms with Gasteiger partial charge in [-0.2, -0.15) is 0 Å². The van der Waals surface area contributed by atoms with Crippen LogP contribution in [0.4, 0.5) is 0 Å². The lowest BCUT2D eigenvalue weighted by atomic mass is 9.93. The lowest BCUT2D eigenvalue weighted by molar-refractivity contribution is -0.124. The Labute approximate surface area is 116 Å². The summed E-state index contributed by atoms with van der Waals surface area (Å²) in [5.41, 5.74) is 6.49. The number of aromatic nitrogens is 1. The van der Waals surface area contributed by atoms with E-state index in [2.05, 4.69) is 15.5 Å². The number of rotatable bonds is 5. The van der Waals surface area contributed by atoms with Crippen molar-refractivity contribution in [3.8, 4) is 0 Å². The quantitative estimate of drug-likeness (QED) is 0.331. The molecule has 1 heterocycles. The first kappa shape index (κ1) is 15.4. The highest BCUT2D eigenvalue weighted by Crippen LogP contribution is 2.19. The van der Waals surface area contributed by atoms with Crippen LogP contribution in [-0.4, -0.2) is 21.9 Å². The van der Waals surface area contributed by atoms with E-state index in [1.807, 2.05) is 33.1 Å². The number of hydrogen-bond donors (Lipinski definition) is 3. The largest absolute Gasteiger partial charge is 0.409 e. The molecule has 0 spiro atoms. The van der Waals surface area contributed by atoms with Crippen LogP contribution in [0.1, 0.15) is 37.5 Å². The summed E-state index contributed by atoms with van der Waals surface area (Å²) in [5.74, 6) is -1.03. The van der Waals surface area contributed by atoms with Gasteiger partial charge in [0, 0.05) is 11.1 Å².